The van der Waals surface area contributed by atoms with E-state index < -0.39 is 0 Å². The molecule has 1 amide bonds. The van der Waals surface area contributed by atoms with Crippen molar-refractivity contribution in [2.45, 2.75) is 0 Å². The van der Waals surface area contributed by atoms with Crippen LogP contribution in [0.3, 0.4) is 0 Å². The molecule has 0 saturated carbocycles. The summed E-state index contributed by atoms with van der Waals surface area (Å²) >= 11 is 0. The zero-order chi connectivity index (χ0) is 12.7. The Morgan fingerprint density at radius 2 is 1.94 bits per heavy atom. The first-order chi connectivity index (χ1) is 8.15. The van der Waals surface area contributed by atoms with Crippen molar-refractivity contribution in [3.05, 3.63) is 53.6 Å². The predicted octanol–water partition coefficient (Wildman–Crippen LogP) is 2.24. The molecule has 0 spiro atoms. The van der Waals surface area contributed by atoms with Crippen LogP contribution in [0.15, 0.2) is 48.1 Å². The van der Waals surface area contributed by atoms with Gasteiger partial charge in [-0.2, -0.15) is 5.26 Å². The molecule has 86 valence electrons. The number of amides is 1. The summed E-state index contributed by atoms with van der Waals surface area (Å²) < 4.78 is 0. The molecule has 0 saturated heterocycles. The van der Waals surface area contributed by atoms with E-state index in [1.165, 1.54) is 11.0 Å². The molecule has 17 heavy (non-hydrogen) atoms. The largest absolute Gasteiger partial charge is 0.344 e. The molecule has 0 aliphatic rings. The molecule has 1 rings (SSSR count). The molecule has 0 aromatic heterocycles. The molecule has 1 aromatic carbocycles. The van der Waals surface area contributed by atoms with Crippen LogP contribution >= 0.6 is 0 Å². The van der Waals surface area contributed by atoms with E-state index >= 15 is 0 Å². The van der Waals surface area contributed by atoms with Crippen LogP contribution in [0.5, 0.6) is 0 Å². The number of hydrogen-bond acceptors (Lipinski definition) is 2. The van der Waals surface area contributed by atoms with E-state index in [0.717, 1.165) is 5.56 Å². The van der Waals surface area contributed by atoms with Crippen LogP contribution in [0.4, 0.5) is 0 Å². The number of rotatable bonds is 3. The Kier molecular flexibility index (Phi) is 4.71. The lowest BCUT2D eigenvalue weighted by Gasteiger charge is -2.07. The molecule has 1 aromatic rings. The molecule has 3 nitrogen and oxygen atoms in total. The fraction of sp³-hybridized carbons (Fsp3) is 0.143. The zero-order valence-electron chi connectivity index (χ0n) is 9.92. The highest BCUT2D eigenvalue weighted by atomic mass is 16.2. The maximum absolute atomic E-state index is 11.5. The van der Waals surface area contributed by atoms with Crippen molar-refractivity contribution in [2.75, 3.05) is 14.1 Å². The first kappa shape index (κ1) is 12.7. The normalized spacial score (nSPS) is 11.2. The highest BCUT2D eigenvalue weighted by molar-refractivity contribution is 5.97. The molecule has 0 heterocycles. The average Bonchev–Trinajstić information content (AvgIpc) is 2.35. The fourth-order valence-corrected chi connectivity index (χ4v) is 1.22. The Hall–Kier alpha value is -2.34. The molecule has 0 unspecified atom stereocenters. The van der Waals surface area contributed by atoms with E-state index in [4.69, 9.17) is 5.26 Å². The summed E-state index contributed by atoms with van der Waals surface area (Å²) in [5.74, 6) is -0.287. The SMILES string of the molecule is CN(C)C(=O)/C(C#N)=C\C=C\c1ccccc1. The maximum Gasteiger partial charge on any atom is 0.263 e. The number of hydrogen-bond donors (Lipinski definition) is 0. The molecule has 0 N–H and O–H groups in total. The highest BCUT2D eigenvalue weighted by Crippen LogP contribution is 2.03. The van der Waals surface area contributed by atoms with Crippen LogP contribution in [-0.2, 0) is 4.79 Å². The van der Waals surface area contributed by atoms with E-state index in [2.05, 4.69) is 0 Å². The number of carbonyl (C=O) groups is 1. The van der Waals surface area contributed by atoms with Crippen molar-refractivity contribution in [3.63, 3.8) is 0 Å². The van der Waals surface area contributed by atoms with Gasteiger partial charge in [0.15, 0.2) is 0 Å². The minimum absolute atomic E-state index is 0.127. The number of allylic oxidation sites excluding steroid dienone is 2. The summed E-state index contributed by atoms with van der Waals surface area (Å²) in [5, 5.41) is 8.84. The third kappa shape index (κ3) is 3.96. The number of benzene rings is 1. The predicted molar refractivity (Wildman–Crippen MR) is 67.9 cm³/mol. The van der Waals surface area contributed by atoms with Crippen LogP contribution in [0.25, 0.3) is 6.08 Å². The highest BCUT2D eigenvalue weighted by Gasteiger charge is 2.08. The Bertz CT molecular complexity index is 479. The van der Waals surface area contributed by atoms with E-state index in [1.807, 2.05) is 42.5 Å². The van der Waals surface area contributed by atoms with Crippen molar-refractivity contribution >= 4 is 12.0 Å². The van der Waals surface area contributed by atoms with E-state index in [1.54, 1.807) is 20.2 Å². The molecular formula is C14H14N2O. The molecule has 0 aliphatic carbocycles. The Morgan fingerprint density at radius 1 is 1.29 bits per heavy atom. The second-order valence-electron chi connectivity index (χ2n) is 3.66. The monoisotopic (exact) mass is 226 g/mol. The topological polar surface area (TPSA) is 44.1 Å². The van der Waals surface area contributed by atoms with Crippen LogP contribution < -0.4 is 0 Å². The quantitative estimate of drug-likeness (QED) is 0.450. The van der Waals surface area contributed by atoms with Gasteiger partial charge in [0.1, 0.15) is 11.6 Å². The van der Waals surface area contributed by atoms with Crippen molar-refractivity contribution < 1.29 is 4.79 Å². The fourth-order valence-electron chi connectivity index (χ4n) is 1.22. The van der Waals surface area contributed by atoms with Gasteiger partial charge in [0, 0.05) is 14.1 Å². The lowest BCUT2D eigenvalue weighted by Crippen LogP contribution is -2.22. The van der Waals surface area contributed by atoms with E-state index in [0.29, 0.717) is 0 Å². The Morgan fingerprint density at radius 3 is 2.47 bits per heavy atom. The first-order valence-electron chi connectivity index (χ1n) is 5.20. The van der Waals surface area contributed by atoms with Crippen molar-refractivity contribution in [1.82, 2.24) is 4.90 Å². The first-order valence-corrected chi connectivity index (χ1v) is 5.20. The third-order valence-electron chi connectivity index (χ3n) is 2.11. The van der Waals surface area contributed by atoms with Gasteiger partial charge in [0.25, 0.3) is 5.91 Å². The minimum Gasteiger partial charge on any atom is -0.344 e. The molecule has 0 atom stereocenters. The van der Waals surface area contributed by atoms with Gasteiger partial charge >= 0.3 is 0 Å². The smallest absolute Gasteiger partial charge is 0.263 e. The Labute approximate surface area is 101 Å². The van der Waals surface area contributed by atoms with Crippen molar-refractivity contribution in [3.8, 4) is 6.07 Å². The summed E-state index contributed by atoms with van der Waals surface area (Å²) in [7, 11) is 3.24. The minimum atomic E-state index is -0.287. The summed E-state index contributed by atoms with van der Waals surface area (Å²) in [6.07, 6.45) is 5.07. The summed E-state index contributed by atoms with van der Waals surface area (Å²) in [6, 6.07) is 11.6. The van der Waals surface area contributed by atoms with Gasteiger partial charge in [-0.1, -0.05) is 42.5 Å². The standard InChI is InChI=1S/C14H14N2O/c1-16(2)14(17)13(11-15)10-6-9-12-7-4-3-5-8-12/h3-10H,1-2H3/b9-6+,13-10-. The number of nitrogens with zero attached hydrogens (tertiary/aromatic N) is 2. The van der Waals surface area contributed by atoms with E-state index in [9.17, 15) is 4.79 Å². The zero-order valence-corrected chi connectivity index (χ0v) is 9.92. The van der Waals surface area contributed by atoms with Gasteiger partial charge in [0.2, 0.25) is 0 Å². The van der Waals surface area contributed by atoms with Crippen LogP contribution in [-0.4, -0.2) is 24.9 Å². The second-order valence-corrected chi connectivity index (χ2v) is 3.66. The molecule has 0 radical (unpaired) electrons. The van der Waals surface area contributed by atoms with Crippen LogP contribution in [0.1, 0.15) is 5.56 Å². The third-order valence-corrected chi connectivity index (χ3v) is 2.11. The number of nitriles is 1. The maximum atomic E-state index is 11.5. The van der Waals surface area contributed by atoms with Crippen LogP contribution in [0.2, 0.25) is 0 Å². The lowest BCUT2D eigenvalue weighted by atomic mass is 10.2. The summed E-state index contributed by atoms with van der Waals surface area (Å²) in [6.45, 7) is 0. The van der Waals surface area contributed by atoms with Gasteiger partial charge in [-0.3, -0.25) is 4.79 Å². The molecule has 3 heteroatoms. The second kappa shape index (κ2) is 6.29. The van der Waals surface area contributed by atoms with Gasteiger partial charge in [0.05, 0.1) is 0 Å². The summed E-state index contributed by atoms with van der Waals surface area (Å²) in [5.41, 5.74) is 1.15. The number of likely N-dealkylation sites (N-methyl/N-ethyl adjacent to an activating group) is 1. The molecule has 0 bridgehead atoms. The van der Waals surface area contributed by atoms with Gasteiger partial charge in [-0.25, -0.2) is 0 Å². The van der Waals surface area contributed by atoms with Crippen LogP contribution in [0, 0.1) is 11.3 Å². The Balaban J connectivity index is 2.79. The van der Waals surface area contributed by atoms with Gasteiger partial charge < -0.3 is 4.90 Å². The molecule has 0 fully saturated rings. The van der Waals surface area contributed by atoms with Crippen molar-refractivity contribution in [1.29, 1.82) is 5.26 Å². The average molecular weight is 226 g/mol. The molecule has 0 aliphatic heterocycles. The lowest BCUT2D eigenvalue weighted by molar-refractivity contribution is -0.124. The number of carbonyl (C=O) groups excluding carboxylic acids is 1. The van der Waals surface area contributed by atoms with Gasteiger partial charge in [-0.05, 0) is 11.6 Å². The summed E-state index contributed by atoms with van der Waals surface area (Å²) in [4.78, 5) is 12.9. The van der Waals surface area contributed by atoms with E-state index in [-0.39, 0.29) is 11.5 Å². The molecular weight excluding hydrogens is 212 g/mol. The van der Waals surface area contributed by atoms with Crippen molar-refractivity contribution in [2.24, 2.45) is 0 Å². The van der Waals surface area contributed by atoms with Gasteiger partial charge in [-0.15, -0.1) is 0 Å².